The lowest BCUT2D eigenvalue weighted by atomic mass is 10.6. The van der Waals surface area contributed by atoms with Crippen molar-refractivity contribution in [3.63, 3.8) is 0 Å². The maximum atomic E-state index is 8.08. The van der Waals surface area contributed by atoms with E-state index in [2.05, 4.69) is 6.07 Å². The Morgan fingerprint density at radius 2 is 2.50 bits per heavy atom. The summed E-state index contributed by atoms with van der Waals surface area (Å²) in [5, 5.41) is 8.08. The van der Waals surface area contributed by atoms with Crippen LogP contribution in [-0.4, -0.2) is 16.4 Å². The van der Waals surface area contributed by atoms with E-state index in [1.165, 1.54) is 0 Å². The fourth-order valence-corrected chi connectivity index (χ4v) is 1.19. The van der Waals surface area contributed by atoms with E-state index < -0.39 is 0 Å². The number of nitriles is 1. The molecule has 46 valence electrons. The zero-order valence-corrected chi connectivity index (χ0v) is 6.60. The van der Waals surface area contributed by atoms with Gasteiger partial charge in [-0.15, -0.1) is 0 Å². The van der Waals surface area contributed by atoms with Gasteiger partial charge in [-0.1, -0.05) is 0 Å². The van der Waals surface area contributed by atoms with E-state index in [9.17, 15) is 0 Å². The van der Waals surface area contributed by atoms with Gasteiger partial charge in [-0.3, -0.25) is 0 Å². The van der Waals surface area contributed by atoms with Crippen LogP contribution in [0.25, 0.3) is 0 Å². The van der Waals surface area contributed by atoms with Gasteiger partial charge in [0.05, 0.1) is 6.07 Å². The van der Waals surface area contributed by atoms with E-state index in [0.717, 1.165) is 12.7 Å². The summed E-state index contributed by atoms with van der Waals surface area (Å²) >= 11 is 0. The zero-order chi connectivity index (χ0) is 6.24. The SMILES string of the molecule is CCO[SiH2]CCC#N. The topological polar surface area (TPSA) is 33.0 Å². The van der Waals surface area contributed by atoms with Gasteiger partial charge in [0.25, 0.3) is 0 Å². The van der Waals surface area contributed by atoms with Gasteiger partial charge in [-0.25, -0.2) is 0 Å². The Morgan fingerprint density at radius 1 is 1.75 bits per heavy atom. The van der Waals surface area contributed by atoms with E-state index in [1.807, 2.05) is 6.92 Å². The molecule has 0 aromatic rings. The predicted molar refractivity (Wildman–Crippen MR) is 35.2 cm³/mol. The van der Waals surface area contributed by atoms with Gasteiger partial charge in [0.2, 0.25) is 0 Å². The highest BCUT2D eigenvalue weighted by Crippen LogP contribution is 1.84. The van der Waals surface area contributed by atoms with Crippen LogP contribution in [0, 0.1) is 11.3 Å². The smallest absolute Gasteiger partial charge is 0.162 e. The maximum Gasteiger partial charge on any atom is 0.162 e. The number of nitrogens with zero attached hydrogens (tertiary/aromatic N) is 1. The second kappa shape index (κ2) is 6.67. The molecule has 0 heterocycles. The minimum atomic E-state index is -0.322. The first-order chi connectivity index (χ1) is 3.91. The largest absolute Gasteiger partial charge is 0.424 e. The van der Waals surface area contributed by atoms with Crippen LogP contribution in [0.5, 0.6) is 0 Å². The summed E-state index contributed by atoms with van der Waals surface area (Å²) < 4.78 is 5.12. The highest BCUT2D eigenvalue weighted by molar-refractivity contribution is 6.27. The molecule has 0 aromatic carbocycles. The summed E-state index contributed by atoms with van der Waals surface area (Å²) in [5.41, 5.74) is 0. The fourth-order valence-electron chi connectivity index (χ4n) is 0.398. The molecule has 0 bridgehead atoms. The van der Waals surface area contributed by atoms with Gasteiger partial charge in [-0.05, 0) is 13.0 Å². The van der Waals surface area contributed by atoms with Crippen molar-refractivity contribution < 1.29 is 4.43 Å². The molecule has 0 unspecified atom stereocenters. The van der Waals surface area contributed by atoms with E-state index in [1.54, 1.807) is 0 Å². The van der Waals surface area contributed by atoms with Crippen LogP contribution in [0.1, 0.15) is 13.3 Å². The third-order valence-corrected chi connectivity index (χ3v) is 2.12. The standard InChI is InChI=1S/C5H11NOSi/c1-2-7-8-5-3-4-6/h2-3,5,8H2,1H3. The van der Waals surface area contributed by atoms with Gasteiger partial charge >= 0.3 is 0 Å². The number of hydrogen-bond donors (Lipinski definition) is 0. The van der Waals surface area contributed by atoms with Gasteiger partial charge in [0, 0.05) is 13.0 Å². The minimum absolute atomic E-state index is 0.322. The third kappa shape index (κ3) is 5.67. The van der Waals surface area contributed by atoms with Crippen molar-refractivity contribution in [1.29, 1.82) is 5.26 Å². The van der Waals surface area contributed by atoms with Crippen molar-refractivity contribution in [3.8, 4) is 6.07 Å². The summed E-state index contributed by atoms with van der Waals surface area (Å²) in [4.78, 5) is 0. The Morgan fingerprint density at radius 3 is 3.00 bits per heavy atom. The first-order valence-corrected chi connectivity index (χ1v) is 4.44. The molecular formula is C5H11NOSi. The van der Waals surface area contributed by atoms with Crippen molar-refractivity contribution in [2.75, 3.05) is 6.61 Å². The Balaban J connectivity index is 2.65. The van der Waals surface area contributed by atoms with E-state index >= 15 is 0 Å². The summed E-state index contributed by atoms with van der Waals surface area (Å²) in [6.07, 6.45) is 0.673. The van der Waals surface area contributed by atoms with Crippen LogP contribution in [0.2, 0.25) is 6.04 Å². The summed E-state index contributed by atoms with van der Waals surface area (Å²) in [5.74, 6) is 0. The Hall–Kier alpha value is -0.333. The van der Waals surface area contributed by atoms with Crippen LogP contribution >= 0.6 is 0 Å². The molecule has 0 aliphatic carbocycles. The molecule has 0 aromatic heterocycles. The molecule has 0 atom stereocenters. The van der Waals surface area contributed by atoms with E-state index in [-0.39, 0.29) is 9.76 Å². The van der Waals surface area contributed by atoms with E-state index in [0.29, 0.717) is 6.42 Å². The maximum absolute atomic E-state index is 8.08. The second-order valence-electron chi connectivity index (χ2n) is 1.46. The highest BCUT2D eigenvalue weighted by Gasteiger charge is 1.84. The van der Waals surface area contributed by atoms with Crippen LogP contribution in [0.4, 0.5) is 0 Å². The van der Waals surface area contributed by atoms with Crippen molar-refractivity contribution in [1.82, 2.24) is 0 Å². The molecule has 0 amide bonds. The molecule has 0 aliphatic heterocycles. The van der Waals surface area contributed by atoms with Gasteiger partial charge in [0.1, 0.15) is 0 Å². The number of rotatable bonds is 4. The molecule has 0 saturated heterocycles. The van der Waals surface area contributed by atoms with Gasteiger partial charge in [-0.2, -0.15) is 5.26 Å². The molecular weight excluding hydrogens is 118 g/mol. The molecule has 2 nitrogen and oxygen atoms in total. The molecule has 0 spiro atoms. The molecule has 0 N–H and O–H groups in total. The first kappa shape index (κ1) is 7.67. The molecule has 0 fully saturated rings. The molecule has 0 aliphatic rings. The van der Waals surface area contributed by atoms with Crippen molar-refractivity contribution in [2.45, 2.75) is 19.4 Å². The van der Waals surface area contributed by atoms with Crippen LogP contribution in [-0.2, 0) is 4.43 Å². The predicted octanol–water partition coefficient (Wildman–Crippen LogP) is 0.439. The monoisotopic (exact) mass is 129 g/mol. The van der Waals surface area contributed by atoms with Gasteiger partial charge < -0.3 is 4.43 Å². The average Bonchev–Trinajstić information content (AvgIpc) is 1.81. The fraction of sp³-hybridized carbons (Fsp3) is 0.800. The Bertz CT molecular complexity index is 79.0. The lowest BCUT2D eigenvalue weighted by Crippen LogP contribution is -1.95. The first-order valence-electron chi connectivity index (χ1n) is 2.86. The average molecular weight is 129 g/mol. The molecule has 0 rings (SSSR count). The summed E-state index contributed by atoms with van der Waals surface area (Å²) in [6.45, 7) is 2.80. The Labute approximate surface area is 52.4 Å². The third-order valence-electron chi connectivity index (χ3n) is 0.781. The molecule has 0 radical (unpaired) electrons. The molecule has 8 heavy (non-hydrogen) atoms. The van der Waals surface area contributed by atoms with Crippen LogP contribution < -0.4 is 0 Å². The Kier molecular flexibility index (Phi) is 6.39. The zero-order valence-electron chi connectivity index (χ0n) is 5.18. The number of hydrogen-bond acceptors (Lipinski definition) is 2. The van der Waals surface area contributed by atoms with E-state index in [4.69, 9.17) is 9.69 Å². The lowest BCUT2D eigenvalue weighted by Gasteiger charge is -1.93. The molecule has 0 saturated carbocycles. The second-order valence-corrected chi connectivity index (χ2v) is 2.98. The van der Waals surface area contributed by atoms with Gasteiger partial charge in [0.15, 0.2) is 9.76 Å². The lowest BCUT2D eigenvalue weighted by molar-refractivity contribution is 0.360. The molecule has 3 heteroatoms. The van der Waals surface area contributed by atoms with Crippen LogP contribution in [0.3, 0.4) is 0 Å². The van der Waals surface area contributed by atoms with Crippen molar-refractivity contribution in [2.24, 2.45) is 0 Å². The van der Waals surface area contributed by atoms with Crippen LogP contribution in [0.15, 0.2) is 0 Å². The minimum Gasteiger partial charge on any atom is -0.424 e. The normalized spacial score (nSPS) is 10.0. The van der Waals surface area contributed by atoms with Crippen molar-refractivity contribution >= 4 is 9.76 Å². The summed E-state index contributed by atoms with van der Waals surface area (Å²) in [7, 11) is -0.322. The highest BCUT2D eigenvalue weighted by atomic mass is 28.2. The summed E-state index contributed by atoms with van der Waals surface area (Å²) in [6, 6.07) is 3.09. The quantitative estimate of drug-likeness (QED) is 0.407. The van der Waals surface area contributed by atoms with Crippen molar-refractivity contribution in [3.05, 3.63) is 0 Å².